The molecule has 174 valence electrons. The number of alkyl halides is 3. The van der Waals surface area contributed by atoms with Gasteiger partial charge < -0.3 is 4.74 Å². The van der Waals surface area contributed by atoms with Gasteiger partial charge in [-0.1, -0.05) is 0 Å². The number of halogens is 3. The number of aryl methyl sites for hydroxylation is 2. The molecule has 0 aromatic carbocycles. The average Bonchev–Trinajstić information content (AvgIpc) is 3.09. The van der Waals surface area contributed by atoms with E-state index < -0.39 is 33.4 Å². The minimum atomic E-state index is -5.33. The summed E-state index contributed by atoms with van der Waals surface area (Å²) < 4.78 is 69.1. The predicted molar refractivity (Wildman–Crippen MR) is 106 cm³/mol. The lowest BCUT2D eigenvalue weighted by atomic mass is 9.90. The van der Waals surface area contributed by atoms with E-state index in [0.717, 1.165) is 10.2 Å². The number of esters is 2. The lowest BCUT2D eigenvalue weighted by Crippen LogP contribution is -2.32. The molecule has 0 saturated carbocycles. The van der Waals surface area contributed by atoms with Crippen LogP contribution in [-0.2, 0) is 38.9 Å². The quantitative estimate of drug-likeness (QED) is 0.370. The van der Waals surface area contributed by atoms with Gasteiger partial charge in [0, 0.05) is 36.6 Å². The highest BCUT2D eigenvalue weighted by Crippen LogP contribution is 2.34. The number of carbonyl (C=O) groups is 2. The molecule has 0 aliphatic heterocycles. The van der Waals surface area contributed by atoms with Gasteiger partial charge in [-0.15, -0.1) is 0 Å². The van der Waals surface area contributed by atoms with Crippen molar-refractivity contribution in [1.29, 1.82) is 0 Å². The van der Waals surface area contributed by atoms with E-state index in [1.54, 1.807) is 12.3 Å². The molecular formula is C19H21F3N4O5S. The topological polar surface area (TPSA) is 120 Å². The fourth-order valence-corrected chi connectivity index (χ4v) is 4.02. The number of carbonyl (C=O) groups excluding carboxylic acids is 2. The van der Waals surface area contributed by atoms with Gasteiger partial charge in [-0.2, -0.15) is 18.3 Å². The average molecular weight is 474 g/mol. The Labute approximate surface area is 182 Å². The first kappa shape index (κ1) is 23.9. The standard InChI is InChI=1S/C19H21F3N4O5S/c1-11(2)32(29,30)24-7-3-9-26-16(17(27)31-18(28)19(20,21)22)14-5-4-12-10-23-8-6-13(12)15(14)25-26/h6,8,10-11,24H,3-5,7,9H2,1-2H3. The van der Waals surface area contributed by atoms with Crippen molar-refractivity contribution in [2.24, 2.45) is 0 Å². The summed E-state index contributed by atoms with van der Waals surface area (Å²) in [5.41, 5.74) is 2.04. The third-order valence-electron chi connectivity index (χ3n) is 4.93. The molecule has 2 aromatic heterocycles. The Bertz CT molecular complexity index is 1140. The Morgan fingerprint density at radius 3 is 2.66 bits per heavy atom. The second-order valence-corrected chi connectivity index (χ2v) is 9.77. The zero-order valence-electron chi connectivity index (χ0n) is 17.3. The third-order valence-corrected chi connectivity index (χ3v) is 6.78. The molecule has 0 bridgehead atoms. The largest absolute Gasteiger partial charge is 0.491 e. The van der Waals surface area contributed by atoms with Gasteiger partial charge in [0.1, 0.15) is 0 Å². The molecule has 1 aliphatic carbocycles. The number of rotatable bonds is 7. The van der Waals surface area contributed by atoms with Gasteiger partial charge in [-0.05, 0) is 44.7 Å². The number of pyridine rings is 1. The first-order valence-electron chi connectivity index (χ1n) is 9.76. The Morgan fingerprint density at radius 2 is 2.00 bits per heavy atom. The summed E-state index contributed by atoms with van der Waals surface area (Å²) in [5.74, 6) is -4.07. The Morgan fingerprint density at radius 1 is 1.28 bits per heavy atom. The molecule has 0 amide bonds. The maximum absolute atomic E-state index is 12.6. The van der Waals surface area contributed by atoms with Gasteiger partial charge in [0.25, 0.3) is 0 Å². The zero-order valence-corrected chi connectivity index (χ0v) is 18.1. The van der Waals surface area contributed by atoms with E-state index in [0.29, 0.717) is 29.7 Å². The molecular weight excluding hydrogens is 453 g/mol. The Kier molecular flexibility index (Phi) is 6.69. The summed E-state index contributed by atoms with van der Waals surface area (Å²) in [6, 6.07) is 1.68. The van der Waals surface area contributed by atoms with Crippen LogP contribution in [0.25, 0.3) is 11.3 Å². The highest BCUT2D eigenvalue weighted by atomic mass is 32.2. The summed E-state index contributed by atoms with van der Waals surface area (Å²) in [4.78, 5) is 27.8. The van der Waals surface area contributed by atoms with Crippen molar-refractivity contribution < 1.29 is 35.9 Å². The highest BCUT2D eigenvalue weighted by molar-refractivity contribution is 7.90. The van der Waals surface area contributed by atoms with Crippen LogP contribution in [-0.4, -0.2) is 53.1 Å². The van der Waals surface area contributed by atoms with Crippen LogP contribution in [0.4, 0.5) is 13.2 Å². The molecule has 1 N–H and O–H groups in total. The van der Waals surface area contributed by atoms with Gasteiger partial charge >= 0.3 is 18.1 Å². The van der Waals surface area contributed by atoms with Gasteiger partial charge in [0.2, 0.25) is 10.0 Å². The fourth-order valence-electron chi connectivity index (χ4n) is 3.26. The summed E-state index contributed by atoms with van der Waals surface area (Å²) in [6.45, 7) is 3.07. The van der Waals surface area contributed by atoms with E-state index in [1.807, 2.05) is 0 Å². The van der Waals surface area contributed by atoms with Crippen molar-refractivity contribution in [3.05, 3.63) is 35.3 Å². The normalized spacial score (nSPS) is 13.6. The van der Waals surface area contributed by atoms with Crippen LogP contribution in [0.5, 0.6) is 0 Å². The molecule has 9 nitrogen and oxygen atoms in total. The van der Waals surface area contributed by atoms with E-state index in [4.69, 9.17) is 0 Å². The number of aromatic nitrogens is 3. The number of ether oxygens (including phenoxy) is 1. The smallest absolute Gasteiger partial charge is 0.381 e. The summed E-state index contributed by atoms with van der Waals surface area (Å²) in [7, 11) is -3.50. The second kappa shape index (κ2) is 8.98. The highest BCUT2D eigenvalue weighted by Gasteiger charge is 2.43. The number of hydrogen-bond acceptors (Lipinski definition) is 7. The molecule has 2 aromatic rings. The van der Waals surface area contributed by atoms with E-state index in [1.165, 1.54) is 20.0 Å². The molecule has 1 aliphatic rings. The Hall–Kier alpha value is -2.80. The second-order valence-electron chi connectivity index (χ2n) is 7.45. The monoisotopic (exact) mass is 474 g/mol. The maximum atomic E-state index is 12.6. The number of nitrogens with zero attached hydrogens (tertiary/aromatic N) is 3. The van der Waals surface area contributed by atoms with Crippen molar-refractivity contribution in [1.82, 2.24) is 19.5 Å². The van der Waals surface area contributed by atoms with Crippen LogP contribution in [0.1, 0.15) is 41.9 Å². The number of fused-ring (bicyclic) bond motifs is 3. The molecule has 0 radical (unpaired) electrons. The van der Waals surface area contributed by atoms with Crippen molar-refractivity contribution in [2.75, 3.05) is 6.54 Å². The molecule has 0 fully saturated rings. The molecule has 0 spiro atoms. The fraction of sp³-hybridized carbons (Fsp3) is 0.474. The van der Waals surface area contributed by atoms with E-state index in [9.17, 15) is 31.2 Å². The van der Waals surface area contributed by atoms with Crippen LogP contribution in [0.15, 0.2) is 18.5 Å². The van der Waals surface area contributed by atoms with E-state index in [-0.39, 0.29) is 25.2 Å². The lowest BCUT2D eigenvalue weighted by Gasteiger charge is -2.15. The number of hydrogen-bond donors (Lipinski definition) is 1. The Balaban J connectivity index is 1.90. The van der Waals surface area contributed by atoms with Gasteiger partial charge in [-0.3, -0.25) is 9.67 Å². The molecule has 2 heterocycles. The van der Waals surface area contributed by atoms with Crippen LogP contribution in [0.2, 0.25) is 0 Å². The van der Waals surface area contributed by atoms with Crippen LogP contribution in [0, 0.1) is 0 Å². The van der Waals surface area contributed by atoms with Crippen LogP contribution in [0.3, 0.4) is 0 Å². The van der Waals surface area contributed by atoms with Crippen molar-refractivity contribution in [2.45, 2.75) is 51.1 Å². The first-order valence-corrected chi connectivity index (χ1v) is 11.3. The van der Waals surface area contributed by atoms with Crippen molar-refractivity contribution in [3.8, 4) is 11.3 Å². The van der Waals surface area contributed by atoms with Crippen LogP contribution >= 0.6 is 0 Å². The summed E-state index contributed by atoms with van der Waals surface area (Å²) in [6.07, 6.45) is -1.19. The van der Waals surface area contributed by atoms with E-state index in [2.05, 4.69) is 19.5 Å². The molecule has 32 heavy (non-hydrogen) atoms. The van der Waals surface area contributed by atoms with Crippen molar-refractivity contribution in [3.63, 3.8) is 0 Å². The number of nitrogens with one attached hydrogen (secondary N) is 1. The first-order chi connectivity index (χ1) is 14.9. The molecule has 0 unspecified atom stereocenters. The van der Waals surface area contributed by atoms with E-state index >= 15 is 0 Å². The zero-order chi connectivity index (χ0) is 23.7. The van der Waals surface area contributed by atoms with Gasteiger partial charge in [-0.25, -0.2) is 22.7 Å². The van der Waals surface area contributed by atoms with Crippen molar-refractivity contribution >= 4 is 22.0 Å². The van der Waals surface area contributed by atoms with Gasteiger partial charge in [0.05, 0.1) is 10.9 Å². The van der Waals surface area contributed by atoms with Crippen LogP contribution < -0.4 is 4.72 Å². The number of sulfonamides is 1. The third kappa shape index (κ3) is 4.99. The molecule has 3 rings (SSSR count). The van der Waals surface area contributed by atoms with Gasteiger partial charge in [0.15, 0.2) is 5.69 Å². The minimum Gasteiger partial charge on any atom is -0.381 e. The lowest BCUT2D eigenvalue weighted by molar-refractivity contribution is -0.193. The molecule has 0 atom stereocenters. The predicted octanol–water partition coefficient (Wildman–Crippen LogP) is 2.01. The maximum Gasteiger partial charge on any atom is 0.491 e. The minimum absolute atomic E-state index is 0.0126. The summed E-state index contributed by atoms with van der Waals surface area (Å²) in [5, 5.41) is 3.73. The molecule has 13 heteroatoms. The SMILES string of the molecule is CC(C)S(=O)(=O)NCCCn1nc2c(c1C(=O)OC(=O)C(F)(F)F)CCc1cnccc1-2. The molecule has 0 saturated heterocycles. The summed E-state index contributed by atoms with van der Waals surface area (Å²) >= 11 is 0.